The second-order valence-corrected chi connectivity index (χ2v) is 4.57. The number of nitro groups is 1. The molecule has 0 bridgehead atoms. The zero-order chi connectivity index (χ0) is 17.7. The van der Waals surface area contributed by atoms with E-state index in [1.54, 1.807) is 0 Å². The van der Waals surface area contributed by atoms with Crippen molar-refractivity contribution in [3.05, 3.63) is 40.6 Å². The van der Waals surface area contributed by atoms with Gasteiger partial charge in [0.1, 0.15) is 0 Å². The molecule has 0 saturated heterocycles. The third kappa shape index (κ3) is 3.69. The van der Waals surface area contributed by atoms with Crippen molar-refractivity contribution in [2.45, 2.75) is 6.92 Å². The maximum atomic E-state index is 11.2. The van der Waals surface area contributed by atoms with Gasteiger partial charge < -0.3 is 19.5 Å². The molecular weight excluding hydrogens is 318 g/mol. The van der Waals surface area contributed by atoms with Crippen LogP contribution in [0.4, 0.5) is 11.5 Å². The highest BCUT2D eigenvalue weighted by molar-refractivity contribution is 5.89. The van der Waals surface area contributed by atoms with Crippen molar-refractivity contribution in [2.75, 3.05) is 19.5 Å². The van der Waals surface area contributed by atoms with Gasteiger partial charge in [0, 0.05) is 25.3 Å². The van der Waals surface area contributed by atoms with Gasteiger partial charge in [0.05, 0.1) is 25.2 Å². The van der Waals surface area contributed by atoms with Crippen molar-refractivity contribution in [3.63, 3.8) is 0 Å². The van der Waals surface area contributed by atoms with Crippen molar-refractivity contribution >= 4 is 17.4 Å². The Kier molecular flexibility index (Phi) is 5.15. The van der Waals surface area contributed by atoms with E-state index in [-0.39, 0.29) is 40.4 Å². The first-order valence-electron chi connectivity index (χ1n) is 6.77. The molecule has 1 aromatic heterocycles. The van der Waals surface area contributed by atoms with Crippen LogP contribution in [0.5, 0.6) is 23.0 Å². The number of non-ortho nitro benzene ring substituents is 1. The molecule has 0 unspecified atom stereocenters. The van der Waals surface area contributed by atoms with Crippen LogP contribution in [0.15, 0.2) is 30.5 Å². The van der Waals surface area contributed by atoms with Crippen LogP contribution in [0.1, 0.15) is 6.92 Å². The molecule has 0 saturated carbocycles. The van der Waals surface area contributed by atoms with Gasteiger partial charge in [-0.1, -0.05) is 0 Å². The van der Waals surface area contributed by atoms with Gasteiger partial charge in [0.25, 0.3) is 5.69 Å². The van der Waals surface area contributed by atoms with Crippen molar-refractivity contribution in [2.24, 2.45) is 0 Å². The minimum Gasteiger partial charge on any atom is -0.493 e. The van der Waals surface area contributed by atoms with Gasteiger partial charge in [-0.15, -0.1) is 0 Å². The fourth-order valence-electron chi connectivity index (χ4n) is 1.94. The van der Waals surface area contributed by atoms with Gasteiger partial charge in [-0.05, 0) is 6.07 Å². The number of nitrogens with zero attached hydrogens (tertiary/aromatic N) is 2. The van der Waals surface area contributed by atoms with Gasteiger partial charge in [-0.3, -0.25) is 14.9 Å². The SMILES string of the molecule is COc1cc([N+](=O)[O-])ccc1Oc1ccnc(NC(C)=O)c1OC. The van der Waals surface area contributed by atoms with E-state index in [0.717, 1.165) is 0 Å². The second kappa shape index (κ2) is 7.27. The number of ether oxygens (including phenoxy) is 3. The minimum atomic E-state index is -0.534. The normalized spacial score (nSPS) is 9.96. The Bertz CT molecular complexity index is 778. The summed E-state index contributed by atoms with van der Waals surface area (Å²) < 4.78 is 16.1. The highest BCUT2D eigenvalue weighted by Crippen LogP contribution is 2.40. The summed E-state index contributed by atoms with van der Waals surface area (Å²) in [7, 11) is 2.78. The molecule has 9 nitrogen and oxygen atoms in total. The highest BCUT2D eigenvalue weighted by Gasteiger charge is 2.17. The van der Waals surface area contributed by atoms with Crippen LogP contribution in [0.25, 0.3) is 0 Å². The van der Waals surface area contributed by atoms with E-state index in [2.05, 4.69) is 10.3 Å². The van der Waals surface area contributed by atoms with Crippen LogP contribution >= 0.6 is 0 Å². The Morgan fingerprint density at radius 3 is 2.50 bits per heavy atom. The number of hydrogen-bond acceptors (Lipinski definition) is 7. The van der Waals surface area contributed by atoms with Crippen LogP contribution in [0, 0.1) is 10.1 Å². The Labute approximate surface area is 137 Å². The maximum Gasteiger partial charge on any atom is 0.273 e. The zero-order valence-corrected chi connectivity index (χ0v) is 13.2. The van der Waals surface area contributed by atoms with Gasteiger partial charge in [0.15, 0.2) is 23.1 Å². The van der Waals surface area contributed by atoms with Gasteiger partial charge in [0.2, 0.25) is 11.7 Å². The summed E-state index contributed by atoms with van der Waals surface area (Å²) in [5.74, 6) is 0.802. The van der Waals surface area contributed by atoms with Crippen LogP contribution in [-0.2, 0) is 4.79 Å². The van der Waals surface area contributed by atoms with Gasteiger partial charge >= 0.3 is 0 Å². The Balaban J connectivity index is 2.40. The summed E-state index contributed by atoms with van der Waals surface area (Å²) in [4.78, 5) is 25.5. The molecule has 2 aromatic rings. The Morgan fingerprint density at radius 2 is 1.92 bits per heavy atom. The second-order valence-electron chi connectivity index (χ2n) is 4.57. The number of aromatic nitrogens is 1. The molecule has 0 aliphatic carbocycles. The minimum absolute atomic E-state index is 0.125. The van der Waals surface area contributed by atoms with Crippen molar-refractivity contribution in [1.29, 1.82) is 0 Å². The number of carbonyl (C=O) groups is 1. The first-order chi connectivity index (χ1) is 11.5. The number of amides is 1. The highest BCUT2D eigenvalue weighted by atomic mass is 16.6. The third-order valence-corrected chi connectivity index (χ3v) is 2.94. The molecule has 2 rings (SSSR count). The van der Waals surface area contributed by atoms with E-state index >= 15 is 0 Å². The van der Waals surface area contributed by atoms with Crippen LogP contribution in [0.3, 0.4) is 0 Å². The summed E-state index contributed by atoms with van der Waals surface area (Å²) >= 11 is 0. The monoisotopic (exact) mass is 333 g/mol. The van der Waals surface area contributed by atoms with E-state index in [4.69, 9.17) is 14.2 Å². The lowest BCUT2D eigenvalue weighted by atomic mass is 10.2. The predicted octanol–water partition coefficient (Wildman–Crippen LogP) is 2.76. The van der Waals surface area contributed by atoms with E-state index in [9.17, 15) is 14.9 Å². The molecule has 0 atom stereocenters. The van der Waals surface area contributed by atoms with E-state index in [1.807, 2.05) is 0 Å². The lowest BCUT2D eigenvalue weighted by molar-refractivity contribution is -0.384. The third-order valence-electron chi connectivity index (χ3n) is 2.94. The van der Waals surface area contributed by atoms with Gasteiger partial charge in [-0.2, -0.15) is 0 Å². The summed E-state index contributed by atoms with van der Waals surface area (Å²) in [6.45, 7) is 1.34. The first kappa shape index (κ1) is 17.0. The number of pyridine rings is 1. The summed E-state index contributed by atoms with van der Waals surface area (Å²) in [6, 6.07) is 5.48. The Morgan fingerprint density at radius 1 is 1.17 bits per heavy atom. The number of nitrogens with one attached hydrogen (secondary N) is 1. The zero-order valence-electron chi connectivity index (χ0n) is 13.2. The van der Waals surface area contributed by atoms with Crippen molar-refractivity contribution in [3.8, 4) is 23.0 Å². The number of hydrogen-bond donors (Lipinski definition) is 1. The smallest absolute Gasteiger partial charge is 0.273 e. The van der Waals surface area contributed by atoms with Crippen molar-refractivity contribution < 1.29 is 23.9 Å². The van der Waals surface area contributed by atoms with E-state index < -0.39 is 4.92 Å². The molecule has 0 aliphatic rings. The molecule has 9 heteroatoms. The average Bonchev–Trinajstić information content (AvgIpc) is 2.54. The number of rotatable bonds is 6. The number of benzene rings is 1. The Hall–Kier alpha value is -3.36. The molecule has 1 heterocycles. The summed E-state index contributed by atoms with van der Waals surface area (Å²) in [5.41, 5.74) is -0.125. The molecule has 24 heavy (non-hydrogen) atoms. The maximum absolute atomic E-state index is 11.2. The van der Waals surface area contributed by atoms with Gasteiger partial charge in [-0.25, -0.2) is 4.98 Å². The largest absolute Gasteiger partial charge is 0.493 e. The molecule has 1 N–H and O–H groups in total. The molecule has 0 fully saturated rings. The molecule has 1 amide bonds. The number of nitro benzene ring substituents is 1. The molecular formula is C15H15N3O6. The standard InChI is InChI=1S/C15H15N3O6/c1-9(19)17-15-14(23-3)12(6-7-16-15)24-11-5-4-10(18(20)21)8-13(11)22-2/h4-8H,1-3H3,(H,16,17,19). The molecule has 126 valence electrons. The quantitative estimate of drug-likeness (QED) is 0.638. The fourth-order valence-corrected chi connectivity index (χ4v) is 1.94. The first-order valence-corrected chi connectivity index (χ1v) is 6.77. The lowest BCUT2D eigenvalue weighted by Gasteiger charge is -2.14. The van der Waals surface area contributed by atoms with Crippen LogP contribution in [0.2, 0.25) is 0 Å². The number of carbonyl (C=O) groups excluding carboxylic acids is 1. The number of methoxy groups -OCH3 is 2. The molecule has 1 aromatic carbocycles. The topological polar surface area (TPSA) is 113 Å². The van der Waals surface area contributed by atoms with E-state index in [1.165, 1.54) is 51.6 Å². The number of anilines is 1. The lowest BCUT2D eigenvalue weighted by Crippen LogP contribution is -2.09. The van der Waals surface area contributed by atoms with Crippen LogP contribution < -0.4 is 19.5 Å². The summed E-state index contributed by atoms with van der Waals surface area (Å²) in [5, 5.41) is 13.4. The molecule has 0 aliphatic heterocycles. The fraction of sp³-hybridized carbons (Fsp3) is 0.200. The van der Waals surface area contributed by atoms with Crippen LogP contribution in [-0.4, -0.2) is 30.0 Å². The molecule has 0 radical (unpaired) electrons. The molecule has 0 spiro atoms. The predicted molar refractivity (Wildman–Crippen MR) is 84.8 cm³/mol. The average molecular weight is 333 g/mol. The van der Waals surface area contributed by atoms with E-state index in [0.29, 0.717) is 0 Å². The summed E-state index contributed by atoms with van der Waals surface area (Å²) in [6.07, 6.45) is 1.43. The van der Waals surface area contributed by atoms with Crippen molar-refractivity contribution in [1.82, 2.24) is 4.98 Å².